The monoisotopic (exact) mass is 771 g/mol. The summed E-state index contributed by atoms with van der Waals surface area (Å²) >= 11 is 0. The van der Waals surface area contributed by atoms with E-state index in [9.17, 15) is 0 Å². The quantitative estimate of drug-likeness (QED) is 0.130. The highest BCUT2D eigenvalue weighted by Gasteiger charge is 2.30. The van der Waals surface area contributed by atoms with Crippen LogP contribution in [0.3, 0.4) is 0 Å². The number of benzene rings is 4. The van der Waals surface area contributed by atoms with E-state index in [1.54, 1.807) is 0 Å². The molecule has 2 saturated carbocycles. The van der Waals surface area contributed by atoms with Gasteiger partial charge in [-0.25, -0.2) is 0 Å². The molecule has 0 aliphatic heterocycles. The second kappa shape index (κ2) is 17.2. The van der Waals surface area contributed by atoms with Crippen LogP contribution in [0.1, 0.15) is 87.2 Å². The second-order valence-electron chi connectivity index (χ2n) is 17.3. The Kier molecular flexibility index (Phi) is 11.3. The second-order valence-corrected chi connectivity index (χ2v) is 21.7. The van der Waals surface area contributed by atoms with Crippen LogP contribution in [-0.4, -0.2) is 29.7 Å². The highest BCUT2D eigenvalue weighted by molar-refractivity contribution is 7.01. The Morgan fingerprint density at radius 3 is 1.28 bits per heavy atom. The Bertz CT molecular complexity index is 2330. The fourth-order valence-corrected chi connectivity index (χ4v) is 12.7. The first-order chi connectivity index (χ1) is 28.5. The lowest BCUT2D eigenvalue weighted by Crippen LogP contribution is -2.53. The maximum absolute atomic E-state index is 4.64. The maximum atomic E-state index is 4.64. The Morgan fingerprint density at radius 1 is 0.431 bits per heavy atom. The smallest absolute Gasteiger partial charge is 0.241 e. The van der Waals surface area contributed by atoms with Gasteiger partial charge in [-0.2, -0.15) is 0 Å². The van der Waals surface area contributed by atoms with Crippen molar-refractivity contribution in [3.8, 4) is 33.4 Å². The molecule has 0 spiro atoms. The zero-order chi connectivity index (χ0) is 39.3. The summed E-state index contributed by atoms with van der Waals surface area (Å²) < 4.78 is 0. The predicted octanol–water partition coefficient (Wildman–Crippen LogP) is 10.3. The van der Waals surface area contributed by atoms with E-state index in [1.807, 2.05) is 18.6 Å². The van der Waals surface area contributed by atoms with E-state index < -0.39 is 8.07 Å². The molecule has 3 heterocycles. The van der Waals surface area contributed by atoms with Gasteiger partial charge in [-0.1, -0.05) is 176 Å². The minimum Gasteiger partial charge on any atom is -0.265 e. The zero-order valence-electron chi connectivity index (χ0n) is 34.2. The topological polar surface area (TPSA) is 38.7 Å². The van der Waals surface area contributed by atoms with Crippen LogP contribution in [0.25, 0.3) is 33.4 Å². The number of hydrogen-bond acceptors (Lipinski definition) is 3. The van der Waals surface area contributed by atoms with Gasteiger partial charge in [0.25, 0.3) is 0 Å². The fraction of sp³-hybridized carbons (Fsp3) is 0.264. The summed E-state index contributed by atoms with van der Waals surface area (Å²) in [6.07, 6.45) is 25.3. The molecule has 0 bridgehead atoms. The highest BCUT2D eigenvalue weighted by atomic mass is 28.3. The van der Waals surface area contributed by atoms with Crippen LogP contribution < -0.4 is 26.8 Å². The summed E-state index contributed by atoms with van der Waals surface area (Å²) in [6, 6.07) is 45.9. The lowest BCUT2D eigenvalue weighted by Gasteiger charge is -2.26. The molecule has 0 saturated heterocycles. The molecule has 7 aromatic rings. The van der Waals surface area contributed by atoms with Crippen LogP contribution in [0.4, 0.5) is 0 Å². The molecule has 5 heteroatoms. The number of aromatic nitrogens is 3. The first-order valence-corrected chi connectivity index (χ1v) is 24.7. The largest absolute Gasteiger partial charge is 0.265 e. The van der Waals surface area contributed by atoms with Gasteiger partial charge in [-0.3, -0.25) is 15.0 Å². The van der Waals surface area contributed by atoms with Crippen molar-refractivity contribution in [2.75, 3.05) is 0 Å². The number of rotatable bonds is 10. The lowest BCUT2D eigenvalue weighted by atomic mass is 9.37. The van der Waals surface area contributed by atoms with Crippen molar-refractivity contribution >= 4 is 41.5 Å². The van der Waals surface area contributed by atoms with Gasteiger partial charge in [0.05, 0.1) is 0 Å². The van der Waals surface area contributed by atoms with Gasteiger partial charge in [0.15, 0.2) is 0 Å². The van der Waals surface area contributed by atoms with E-state index in [-0.39, 0.29) is 6.71 Å². The molecule has 3 aromatic heterocycles. The average Bonchev–Trinajstić information content (AvgIpc) is 3.31. The molecule has 0 radical (unpaired) electrons. The van der Waals surface area contributed by atoms with E-state index >= 15 is 0 Å². The van der Waals surface area contributed by atoms with Crippen molar-refractivity contribution in [1.29, 1.82) is 0 Å². The molecule has 2 aliphatic carbocycles. The molecule has 3 nitrogen and oxygen atoms in total. The van der Waals surface area contributed by atoms with Crippen molar-refractivity contribution in [3.63, 3.8) is 0 Å². The predicted molar refractivity (Wildman–Crippen MR) is 249 cm³/mol. The van der Waals surface area contributed by atoms with E-state index in [0.717, 1.165) is 0 Å². The number of pyridine rings is 3. The molecule has 2 fully saturated rings. The first-order valence-electron chi connectivity index (χ1n) is 21.7. The highest BCUT2D eigenvalue weighted by Crippen LogP contribution is 2.39. The van der Waals surface area contributed by atoms with E-state index in [4.69, 9.17) is 0 Å². The van der Waals surface area contributed by atoms with E-state index in [0.29, 0.717) is 11.8 Å². The minimum absolute atomic E-state index is 0.0784. The third-order valence-electron chi connectivity index (χ3n) is 13.4. The van der Waals surface area contributed by atoms with Crippen LogP contribution in [0.5, 0.6) is 0 Å². The van der Waals surface area contributed by atoms with Crippen LogP contribution in [0.2, 0.25) is 13.1 Å². The summed E-state index contributed by atoms with van der Waals surface area (Å²) in [5.41, 5.74) is 14.5. The summed E-state index contributed by atoms with van der Waals surface area (Å²) in [4.78, 5) is 13.8. The zero-order valence-corrected chi connectivity index (χ0v) is 35.2. The molecule has 288 valence electrons. The van der Waals surface area contributed by atoms with Gasteiger partial charge in [0.2, 0.25) is 6.71 Å². The number of hydrogen-bond donors (Lipinski definition) is 0. The number of nitrogens with zero attached hydrogens (tertiary/aromatic N) is 3. The van der Waals surface area contributed by atoms with Crippen LogP contribution in [0, 0.1) is 0 Å². The summed E-state index contributed by atoms with van der Waals surface area (Å²) in [5.74, 6) is 1.20. The third kappa shape index (κ3) is 7.90. The van der Waals surface area contributed by atoms with Crippen LogP contribution >= 0.6 is 0 Å². The van der Waals surface area contributed by atoms with Crippen LogP contribution in [-0.2, 0) is 0 Å². The van der Waals surface area contributed by atoms with Gasteiger partial charge in [0.1, 0.15) is 8.07 Å². The summed E-state index contributed by atoms with van der Waals surface area (Å²) in [5, 5.41) is 2.78. The average molecular weight is 772 g/mol. The molecular weight excluding hydrogens is 718 g/mol. The van der Waals surface area contributed by atoms with Crippen molar-refractivity contribution in [2.24, 2.45) is 0 Å². The molecule has 0 amide bonds. The Balaban J connectivity index is 1.08. The first kappa shape index (κ1) is 38.1. The molecule has 0 atom stereocenters. The molecule has 0 N–H and O–H groups in total. The molecule has 9 rings (SSSR count). The van der Waals surface area contributed by atoms with Crippen LogP contribution in [0.15, 0.2) is 159 Å². The van der Waals surface area contributed by atoms with Crippen molar-refractivity contribution < 1.29 is 0 Å². The maximum Gasteiger partial charge on any atom is 0.241 e. The minimum atomic E-state index is -1.99. The molecular formula is C53H54BN3Si. The Labute approximate surface area is 347 Å². The fourth-order valence-electron chi connectivity index (χ4n) is 10.1. The molecule has 2 aliphatic rings. The van der Waals surface area contributed by atoms with E-state index in [1.165, 1.54) is 135 Å². The Morgan fingerprint density at radius 2 is 0.828 bits per heavy atom. The SMILES string of the molecule is C[Si](C)(c1ccccc1)c1cnccc1-c1ccc(B(c2ccc(-c3ccncc3C3CCCCC3)cc2)c2ccc(-c3ccncc3C3CCCCC3)cc2)cc1. The van der Waals surface area contributed by atoms with Gasteiger partial charge in [-0.05, 0) is 105 Å². The van der Waals surface area contributed by atoms with Gasteiger partial charge in [-0.15, -0.1) is 0 Å². The third-order valence-corrected chi connectivity index (χ3v) is 17.0. The molecule has 0 unspecified atom stereocenters. The van der Waals surface area contributed by atoms with Crippen molar-refractivity contribution in [3.05, 3.63) is 170 Å². The van der Waals surface area contributed by atoms with Gasteiger partial charge < -0.3 is 0 Å². The summed E-state index contributed by atoms with van der Waals surface area (Å²) in [7, 11) is -1.99. The molecule has 4 aromatic carbocycles. The molecule has 58 heavy (non-hydrogen) atoms. The lowest BCUT2D eigenvalue weighted by molar-refractivity contribution is 0.443. The van der Waals surface area contributed by atoms with E-state index in [2.05, 4.69) is 168 Å². The normalized spacial score (nSPS) is 15.3. The van der Waals surface area contributed by atoms with Gasteiger partial charge in [0, 0.05) is 37.2 Å². The van der Waals surface area contributed by atoms with Crippen molar-refractivity contribution in [1.82, 2.24) is 15.0 Å². The summed E-state index contributed by atoms with van der Waals surface area (Å²) in [6.45, 7) is 4.96. The van der Waals surface area contributed by atoms with Crippen molar-refractivity contribution in [2.45, 2.75) is 89.1 Å². The Hall–Kier alpha value is -5.39. The van der Waals surface area contributed by atoms with Gasteiger partial charge >= 0.3 is 0 Å². The standard InChI is InChI=1S/C53H54BN3Si/c1-58(2,47-16-10-5-11-17-47)53-38-57-35-32-50(53)43-22-28-46(29-23-43)54(44-24-18-41(19-25-44)48-30-33-55-36-51(48)39-12-6-3-7-13-39)45-26-20-42(21-27-45)49-31-34-56-37-52(49)40-14-8-4-9-15-40/h5,10-11,16-40H,3-4,6-9,12-15H2,1-2H3.